The maximum Gasteiger partial charge on any atom is 0.193 e. The second-order valence-electron chi connectivity index (χ2n) is 8.18. The molecule has 2 unspecified atom stereocenters. The second kappa shape index (κ2) is 10.5. The van der Waals surface area contributed by atoms with E-state index in [-0.39, 0.29) is 11.9 Å². The van der Waals surface area contributed by atoms with Crippen LogP contribution in [0.4, 0.5) is 4.39 Å². The number of likely N-dealkylation sites (tertiary alicyclic amines) is 1. The van der Waals surface area contributed by atoms with E-state index in [4.69, 9.17) is 9.47 Å². The van der Waals surface area contributed by atoms with Crippen molar-refractivity contribution in [2.45, 2.75) is 18.5 Å². The van der Waals surface area contributed by atoms with Gasteiger partial charge in [-0.25, -0.2) is 4.39 Å². The number of aliphatic imine (C=N–C) groups is 1. The van der Waals surface area contributed by atoms with Crippen molar-refractivity contribution in [1.29, 1.82) is 0 Å². The smallest absolute Gasteiger partial charge is 0.193 e. The topological polar surface area (TPSA) is 52.6 Å². The third-order valence-corrected chi connectivity index (χ3v) is 6.43. The molecular formula is C22H34FN5O2. The number of guanidine groups is 1. The van der Waals surface area contributed by atoms with Crippen molar-refractivity contribution >= 4 is 5.96 Å². The number of nitrogens with one attached hydrogen (secondary N) is 1. The number of hydrogen-bond donors (Lipinski definition) is 1. The Morgan fingerprint density at radius 1 is 1.07 bits per heavy atom. The molecule has 3 aliphatic rings. The van der Waals surface area contributed by atoms with E-state index in [0.717, 1.165) is 90.2 Å². The molecule has 0 aliphatic carbocycles. The molecular weight excluding hydrogens is 385 g/mol. The summed E-state index contributed by atoms with van der Waals surface area (Å²) in [5.74, 6) is 0.751. The van der Waals surface area contributed by atoms with Crippen molar-refractivity contribution in [1.82, 2.24) is 20.0 Å². The van der Waals surface area contributed by atoms with E-state index in [1.54, 1.807) is 12.1 Å². The van der Waals surface area contributed by atoms with Crippen LogP contribution in [-0.4, -0.2) is 106 Å². The van der Waals surface area contributed by atoms with Gasteiger partial charge in [0.1, 0.15) is 5.82 Å². The Kier molecular flexibility index (Phi) is 7.54. The van der Waals surface area contributed by atoms with Gasteiger partial charge in [-0.3, -0.25) is 14.8 Å². The summed E-state index contributed by atoms with van der Waals surface area (Å²) in [6, 6.07) is 7.60. The molecule has 30 heavy (non-hydrogen) atoms. The van der Waals surface area contributed by atoms with E-state index in [2.05, 4.69) is 25.0 Å². The number of halogens is 1. The third-order valence-electron chi connectivity index (χ3n) is 6.43. The molecule has 0 amide bonds. The first-order chi connectivity index (χ1) is 14.7. The molecule has 3 saturated heterocycles. The Bertz CT molecular complexity index is 689. The Morgan fingerprint density at radius 2 is 1.73 bits per heavy atom. The lowest BCUT2D eigenvalue weighted by Gasteiger charge is -2.36. The maximum atomic E-state index is 13.5. The highest BCUT2D eigenvalue weighted by molar-refractivity contribution is 5.80. The van der Waals surface area contributed by atoms with E-state index >= 15 is 0 Å². The van der Waals surface area contributed by atoms with Crippen LogP contribution in [0, 0.1) is 5.82 Å². The van der Waals surface area contributed by atoms with Crippen LogP contribution in [0.3, 0.4) is 0 Å². The lowest BCUT2D eigenvalue weighted by molar-refractivity contribution is 0.0167. The zero-order chi connectivity index (χ0) is 20.8. The highest BCUT2D eigenvalue weighted by atomic mass is 19.1. The van der Waals surface area contributed by atoms with Gasteiger partial charge in [0.25, 0.3) is 0 Å². The van der Waals surface area contributed by atoms with Crippen molar-refractivity contribution in [2.75, 3.05) is 79.3 Å². The van der Waals surface area contributed by atoms with Gasteiger partial charge in [0.15, 0.2) is 5.96 Å². The van der Waals surface area contributed by atoms with Crippen LogP contribution >= 0.6 is 0 Å². The Labute approximate surface area is 178 Å². The van der Waals surface area contributed by atoms with Gasteiger partial charge in [-0.2, -0.15) is 0 Å². The first-order valence-electron chi connectivity index (χ1n) is 11.1. The summed E-state index contributed by atoms with van der Waals surface area (Å²) in [6.07, 6.45) is 1.16. The molecule has 0 bridgehead atoms. The summed E-state index contributed by atoms with van der Waals surface area (Å²) in [5.41, 5.74) is 1.12. The Balaban J connectivity index is 1.38. The van der Waals surface area contributed by atoms with Gasteiger partial charge < -0.3 is 19.7 Å². The number of ether oxygens (including phenoxy) is 2. The predicted octanol–water partition coefficient (Wildman–Crippen LogP) is 1.18. The predicted molar refractivity (Wildman–Crippen MR) is 115 cm³/mol. The standard InChI is InChI=1S/C22H34FN5O2/c1-24-22(28-7-6-20(17-28)26-8-12-29-13-9-26)25-16-21(27-10-14-30-15-11-27)18-2-4-19(23)5-3-18/h2-5,20-21H,6-17H2,1H3,(H,24,25). The van der Waals surface area contributed by atoms with Crippen LogP contribution in [0.1, 0.15) is 18.0 Å². The van der Waals surface area contributed by atoms with Crippen molar-refractivity contribution in [3.63, 3.8) is 0 Å². The molecule has 0 aromatic heterocycles. The molecule has 1 N–H and O–H groups in total. The first-order valence-corrected chi connectivity index (χ1v) is 11.1. The van der Waals surface area contributed by atoms with E-state index in [9.17, 15) is 4.39 Å². The minimum absolute atomic E-state index is 0.156. The second-order valence-corrected chi connectivity index (χ2v) is 8.18. The molecule has 0 spiro atoms. The van der Waals surface area contributed by atoms with Crippen molar-refractivity contribution in [2.24, 2.45) is 4.99 Å². The molecule has 2 atom stereocenters. The summed E-state index contributed by atoms with van der Waals surface area (Å²) in [4.78, 5) is 11.9. The minimum Gasteiger partial charge on any atom is -0.379 e. The van der Waals surface area contributed by atoms with Crippen LogP contribution in [0.2, 0.25) is 0 Å². The fourth-order valence-corrected chi connectivity index (χ4v) is 4.73. The molecule has 3 aliphatic heterocycles. The summed E-state index contributed by atoms with van der Waals surface area (Å²) < 4.78 is 24.5. The monoisotopic (exact) mass is 419 g/mol. The van der Waals surface area contributed by atoms with Crippen molar-refractivity contribution in [3.8, 4) is 0 Å². The number of rotatable bonds is 5. The van der Waals surface area contributed by atoms with Gasteiger partial charge in [0.05, 0.1) is 32.5 Å². The molecule has 166 valence electrons. The fraction of sp³-hybridized carbons (Fsp3) is 0.682. The lowest BCUT2D eigenvalue weighted by atomic mass is 10.0. The molecule has 1 aromatic carbocycles. The lowest BCUT2D eigenvalue weighted by Crippen LogP contribution is -2.48. The molecule has 0 radical (unpaired) electrons. The SMILES string of the molecule is CN=C(NCC(c1ccc(F)cc1)N1CCOCC1)N1CCC(N2CCOCC2)C1. The highest BCUT2D eigenvalue weighted by Gasteiger charge is 2.31. The van der Waals surface area contributed by atoms with Crippen LogP contribution in [-0.2, 0) is 9.47 Å². The van der Waals surface area contributed by atoms with Gasteiger partial charge in [0, 0.05) is 58.9 Å². The quantitative estimate of drug-likeness (QED) is 0.572. The molecule has 0 saturated carbocycles. The molecule has 7 nitrogen and oxygen atoms in total. The fourth-order valence-electron chi connectivity index (χ4n) is 4.73. The molecule has 3 fully saturated rings. The maximum absolute atomic E-state index is 13.5. The largest absolute Gasteiger partial charge is 0.379 e. The first kappa shape index (κ1) is 21.5. The van der Waals surface area contributed by atoms with Gasteiger partial charge >= 0.3 is 0 Å². The number of nitrogens with zero attached hydrogens (tertiary/aromatic N) is 4. The minimum atomic E-state index is -0.200. The van der Waals surface area contributed by atoms with E-state index < -0.39 is 0 Å². The summed E-state index contributed by atoms with van der Waals surface area (Å²) in [6.45, 7) is 9.69. The van der Waals surface area contributed by atoms with Crippen molar-refractivity contribution in [3.05, 3.63) is 35.6 Å². The average Bonchev–Trinajstić information content (AvgIpc) is 3.29. The average molecular weight is 420 g/mol. The zero-order valence-electron chi connectivity index (χ0n) is 17.9. The Hall–Kier alpha value is -1.74. The van der Waals surface area contributed by atoms with Gasteiger partial charge in [-0.15, -0.1) is 0 Å². The summed E-state index contributed by atoms with van der Waals surface area (Å²) >= 11 is 0. The van der Waals surface area contributed by atoms with Gasteiger partial charge in [-0.1, -0.05) is 12.1 Å². The molecule has 8 heteroatoms. The number of morpholine rings is 2. The zero-order valence-corrected chi connectivity index (χ0v) is 17.9. The van der Waals surface area contributed by atoms with Crippen LogP contribution in [0.25, 0.3) is 0 Å². The van der Waals surface area contributed by atoms with Crippen LogP contribution in [0.15, 0.2) is 29.3 Å². The van der Waals surface area contributed by atoms with Crippen LogP contribution < -0.4 is 5.32 Å². The van der Waals surface area contributed by atoms with Crippen LogP contribution in [0.5, 0.6) is 0 Å². The van der Waals surface area contributed by atoms with Crippen molar-refractivity contribution < 1.29 is 13.9 Å². The Morgan fingerprint density at radius 3 is 2.40 bits per heavy atom. The third kappa shape index (κ3) is 5.29. The van der Waals surface area contributed by atoms with Gasteiger partial charge in [0.2, 0.25) is 0 Å². The summed E-state index contributed by atoms with van der Waals surface area (Å²) in [5, 5.41) is 3.60. The highest BCUT2D eigenvalue weighted by Crippen LogP contribution is 2.22. The summed E-state index contributed by atoms with van der Waals surface area (Å²) in [7, 11) is 1.85. The van der Waals surface area contributed by atoms with Gasteiger partial charge in [-0.05, 0) is 24.1 Å². The normalized spacial score (nSPS) is 25.5. The van der Waals surface area contributed by atoms with E-state index in [0.29, 0.717) is 6.04 Å². The molecule has 4 rings (SSSR count). The van der Waals surface area contributed by atoms with E-state index in [1.807, 2.05) is 19.2 Å². The molecule has 1 aromatic rings. The van der Waals surface area contributed by atoms with E-state index in [1.165, 1.54) is 0 Å². The molecule has 3 heterocycles. The number of benzene rings is 1. The number of hydrogen-bond acceptors (Lipinski definition) is 5.